The molecule has 0 radical (unpaired) electrons. The summed E-state index contributed by atoms with van der Waals surface area (Å²) in [6, 6.07) is 4.39. The summed E-state index contributed by atoms with van der Waals surface area (Å²) >= 11 is 0. The molecule has 1 atom stereocenters. The average Bonchev–Trinajstić information content (AvgIpc) is 3.18. The number of nitrogens with zero attached hydrogens (tertiary/aromatic N) is 1. The Labute approximate surface area is 115 Å². The predicted molar refractivity (Wildman–Crippen MR) is 77.5 cm³/mol. The van der Waals surface area contributed by atoms with Crippen LogP contribution in [0.4, 0.5) is 0 Å². The van der Waals surface area contributed by atoms with Crippen LogP contribution in [-0.2, 0) is 0 Å². The first-order chi connectivity index (χ1) is 9.16. The summed E-state index contributed by atoms with van der Waals surface area (Å²) in [5, 5.41) is 13.2. The van der Waals surface area contributed by atoms with Gasteiger partial charge in [0.15, 0.2) is 0 Å². The van der Waals surface area contributed by atoms with Crippen LogP contribution in [0.5, 0.6) is 5.75 Å². The van der Waals surface area contributed by atoms with Gasteiger partial charge in [0.25, 0.3) is 0 Å². The molecule has 0 aromatic heterocycles. The van der Waals surface area contributed by atoms with E-state index in [0.29, 0.717) is 11.8 Å². The Morgan fingerprint density at radius 1 is 1.16 bits per heavy atom. The standard InChI is InChI=1S/C16H24N2O/c1-11-9-14(19)10-12(2)15(11)16(13-3-4-13)18-7-5-17-6-8-18/h9-10,13,16-17,19H,3-8H2,1-2H3/t16-/m1/s1. The lowest BCUT2D eigenvalue weighted by Gasteiger charge is -2.37. The van der Waals surface area contributed by atoms with E-state index in [-0.39, 0.29) is 0 Å². The van der Waals surface area contributed by atoms with Crippen molar-refractivity contribution in [1.29, 1.82) is 0 Å². The summed E-state index contributed by atoms with van der Waals surface area (Å²) in [5.74, 6) is 1.22. The van der Waals surface area contributed by atoms with Crippen LogP contribution in [0.1, 0.15) is 35.6 Å². The van der Waals surface area contributed by atoms with Crippen molar-refractivity contribution in [2.75, 3.05) is 26.2 Å². The van der Waals surface area contributed by atoms with Crippen molar-refractivity contribution in [3.05, 3.63) is 28.8 Å². The van der Waals surface area contributed by atoms with Crippen molar-refractivity contribution < 1.29 is 5.11 Å². The number of piperazine rings is 1. The Hall–Kier alpha value is -1.06. The molecule has 0 spiro atoms. The number of rotatable bonds is 3. The summed E-state index contributed by atoms with van der Waals surface area (Å²) < 4.78 is 0. The average molecular weight is 260 g/mol. The van der Waals surface area contributed by atoms with Crippen LogP contribution >= 0.6 is 0 Å². The van der Waals surface area contributed by atoms with E-state index in [1.54, 1.807) is 0 Å². The largest absolute Gasteiger partial charge is 0.508 e. The molecular weight excluding hydrogens is 236 g/mol. The van der Waals surface area contributed by atoms with Gasteiger partial charge in [0.1, 0.15) is 5.75 Å². The summed E-state index contributed by atoms with van der Waals surface area (Å²) in [6.45, 7) is 8.75. The number of phenols is 1. The Morgan fingerprint density at radius 2 is 1.74 bits per heavy atom. The molecule has 1 aromatic carbocycles. The van der Waals surface area contributed by atoms with Crippen molar-refractivity contribution in [2.24, 2.45) is 5.92 Å². The molecule has 3 rings (SSSR count). The molecule has 0 bridgehead atoms. The summed E-state index contributed by atoms with van der Waals surface area (Å²) in [6.07, 6.45) is 2.71. The van der Waals surface area contributed by atoms with E-state index < -0.39 is 0 Å². The number of hydrogen-bond donors (Lipinski definition) is 2. The van der Waals surface area contributed by atoms with Gasteiger partial charge in [-0.2, -0.15) is 0 Å². The smallest absolute Gasteiger partial charge is 0.116 e. The highest BCUT2D eigenvalue weighted by atomic mass is 16.3. The lowest BCUT2D eigenvalue weighted by atomic mass is 9.91. The highest BCUT2D eigenvalue weighted by Gasteiger charge is 2.38. The molecule has 1 aliphatic heterocycles. The fourth-order valence-electron chi connectivity index (χ4n) is 3.51. The number of aromatic hydroxyl groups is 1. The zero-order valence-electron chi connectivity index (χ0n) is 11.9. The number of hydrogen-bond acceptors (Lipinski definition) is 3. The van der Waals surface area contributed by atoms with Gasteiger partial charge >= 0.3 is 0 Å². The quantitative estimate of drug-likeness (QED) is 0.876. The van der Waals surface area contributed by atoms with E-state index in [9.17, 15) is 5.11 Å². The third kappa shape index (κ3) is 2.63. The lowest BCUT2D eigenvalue weighted by Crippen LogP contribution is -2.46. The Morgan fingerprint density at radius 3 is 2.26 bits per heavy atom. The molecule has 2 fully saturated rings. The molecule has 1 saturated carbocycles. The number of benzene rings is 1. The Kier molecular flexibility index (Phi) is 3.50. The number of aryl methyl sites for hydroxylation is 2. The molecule has 1 heterocycles. The highest BCUT2D eigenvalue weighted by Crippen LogP contribution is 2.46. The minimum absolute atomic E-state index is 0.397. The highest BCUT2D eigenvalue weighted by molar-refractivity contribution is 5.43. The molecular formula is C16H24N2O. The fourth-order valence-corrected chi connectivity index (χ4v) is 3.51. The van der Waals surface area contributed by atoms with E-state index in [1.807, 2.05) is 12.1 Å². The SMILES string of the molecule is Cc1cc(O)cc(C)c1[C@@H](C1CC1)N1CCNCC1. The van der Waals surface area contributed by atoms with Gasteiger partial charge in [-0.15, -0.1) is 0 Å². The molecule has 3 heteroatoms. The molecule has 1 aromatic rings. The molecule has 19 heavy (non-hydrogen) atoms. The van der Waals surface area contributed by atoms with Gasteiger partial charge in [-0.05, 0) is 61.4 Å². The van der Waals surface area contributed by atoms with E-state index in [4.69, 9.17) is 0 Å². The van der Waals surface area contributed by atoms with Crippen LogP contribution in [0, 0.1) is 19.8 Å². The van der Waals surface area contributed by atoms with Gasteiger partial charge in [0.2, 0.25) is 0 Å². The maximum absolute atomic E-state index is 9.74. The van der Waals surface area contributed by atoms with E-state index >= 15 is 0 Å². The second kappa shape index (κ2) is 5.14. The van der Waals surface area contributed by atoms with Gasteiger partial charge in [0, 0.05) is 32.2 Å². The van der Waals surface area contributed by atoms with Crippen LogP contribution in [0.3, 0.4) is 0 Å². The third-order valence-corrected chi connectivity index (χ3v) is 4.49. The minimum Gasteiger partial charge on any atom is -0.508 e. The Balaban J connectivity index is 1.95. The van der Waals surface area contributed by atoms with Gasteiger partial charge in [-0.1, -0.05) is 0 Å². The van der Waals surface area contributed by atoms with Gasteiger partial charge < -0.3 is 10.4 Å². The van der Waals surface area contributed by atoms with E-state index in [2.05, 4.69) is 24.1 Å². The molecule has 2 aliphatic rings. The van der Waals surface area contributed by atoms with Crippen LogP contribution < -0.4 is 5.32 Å². The van der Waals surface area contributed by atoms with Crippen molar-refractivity contribution in [3.63, 3.8) is 0 Å². The molecule has 3 nitrogen and oxygen atoms in total. The molecule has 104 valence electrons. The second-order valence-electron chi connectivity index (χ2n) is 6.06. The van der Waals surface area contributed by atoms with Gasteiger partial charge in [0.05, 0.1) is 0 Å². The maximum atomic E-state index is 9.74. The topological polar surface area (TPSA) is 35.5 Å². The zero-order chi connectivity index (χ0) is 13.4. The van der Waals surface area contributed by atoms with Crippen LogP contribution in [0.2, 0.25) is 0 Å². The first-order valence-electron chi connectivity index (χ1n) is 7.41. The van der Waals surface area contributed by atoms with Crippen molar-refractivity contribution >= 4 is 0 Å². The van der Waals surface area contributed by atoms with E-state index in [1.165, 1.54) is 29.5 Å². The zero-order valence-corrected chi connectivity index (χ0v) is 11.9. The monoisotopic (exact) mass is 260 g/mol. The van der Waals surface area contributed by atoms with Gasteiger partial charge in [-0.3, -0.25) is 4.90 Å². The van der Waals surface area contributed by atoms with Crippen molar-refractivity contribution in [2.45, 2.75) is 32.7 Å². The van der Waals surface area contributed by atoms with Crippen LogP contribution in [0.25, 0.3) is 0 Å². The molecule has 1 saturated heterocycles. The predicted octanol–water partition coefficient (Wildman–Crippen LogP) is 2.37. The summed E-state index contributed by atoms with van der Waals surface area (Å²) in [4.78, 5) is 2.64. The van der Waals surface area contributed by atoms with E-state index in [0.717, 1.165) is 32.1 Å². The fraction of sp³-hybridized carbons (Fsp3) is 0.625. The van der Waals surface area contributed by atoms with Crippen molar-refractivity contribution in [1.82, 2.24) is 10.2 Å². The van der Waals surface area contributed by atoms with Gasteiger partial charge in [-0.25, -0.2) is 0 Å². The minimum atomic E-state index is 0.397. The molecule has 0 unspecified atom stereocenters. The maximum Gasteiger partial charge on any atom is 0.116 e. The first-order valence-corrected chi connectivity index (χ1v) is 7.41. The van der Waals surface area contributed by atoms with Crippen LogP contribution in [0.15, 0.2) is 12.1 Å². The summed E-state index contributed by atoms with van der Waals surface area (Å²) in [7, 11) is 0. The molecule has 0 amide bonds. The lowest BCUT2D eigenvalue weighted by molar-refractivity contribution is 0.155. The van der Waals surface area contributed by atoms with Crippen LogP contribution in [-0.4, -0.2) is 36.2 Å². The Bertz CT molecular complexity index is 439. The molecule has 2 N–H and O–H groups in total. The third-order valence-electron chi connectivity index (χ3n) is 4.49. The first kappa shape index (κ1) is 12.9. The normalized spacial score (nSPS) is 22.4. The number of nitrogens with one attached hydrogen (secondary N) is 1. The second-order valence-corrected chi connectivity index (χ2v) is 6.06. The number of phenolic OH excluding ortho intramolecular Hbond substituents is 1. The van der Waals surface area contributed by atoms with Crippen molar-refractivity contribution in [3.8, 4) is 5.75 Å². The molecule has 1 aliphatic carbocycles. The summed E-state index contributed by atoms with van der Waals surface area (Å²) in [5.41, 5.74) is 3.95.